The van der Waals surface area contributed by atoms with Crippen LogP contribution in [0.2, 0.25) is 0 Å². The molecule has 108 valence electrons. The van der Waals surface area contributed by atoms with Gasteiger partial charge >= 0.3 is 5.97 Å². The van der Waals surface area contributed by atoms with Crippen LogP contribution in [-0.4, -0.2) is 37.4 Å². The van der Waals surface area contributed by atoms with Gasteiger partial charge in [-0.1, -0.05) is 30.3 Å². The van der Waals surface area contributed by atoms with Crippen LogP contribution in [0.1, 0.15) is 12.5 Å². The van der Waals surface area contributed by atoms with Crippen LogP contribution in [0.25, 0.3) is 0 Å². The van der Waals surface area contributed by atoms with Gasteiger partial charge in [-0.25, -0.2) is 4.79 Å². The van der Waals surface area contributed by atoms with Gasteiger partial charge in [0.15, 0.2) is 11.8 Å². The minimum absolute atomic E-state index is 0.251. The number of Topliss-reactive ketones (excluding diaryl/α,β-unsaturated/α-hetero) is 1. The van der Waals surface area contributed by atoms with Crippen LogP contribution in [0.4, 0.5) is 0 Å². The molecule has 6 heteroatoms. The predicted molar refractivity (Wildman–Crippen MR) is 70.7 cm³/mol. The van der Waals surface area contributed by atoms with Crippen LogP contribution in [0.3, 0.4) is 0 Å². The first-order chi connectivity index (χ1) is 9.54. The summed E-state index contributed by atoms with van der Waals surface area (Å²) >= 11 is 0. The first-order valence-electron chi connectivity index (χ1n) is 6.04. The molecule has 0 spiro atoms. The smallest absolute Gasteiger partial charge is 0.336 e. The van der Waals surface area contributed by atoms with Gasteiger partial charge in [0.1, 0.15) is 6.61 Å². The quantitative estimate of drug-likeness (QED) is 0.579. The van der Waals surface area contributed by atoms with E-state index in [0.29, 0.717) is 0 Å². The van der Waals surface area contributed by atoms with Crippen molar-refractivity contribution >= 4 is 17.7 Å². The lowest BCUT2D eigenvalue weighted by atomic mass is 10.2. The Morgan fingerprint density at radius 3 is 2.40 bits per heavy atom. The molecule has 0 aliphatic carbocycles. The number of ether oxygens (including phenoxy) is 2. The van der Waals surface area contributed by atoms with Gasteiger partial charge in [0, 0.05) is 6.92 Å². The van der Waals surface area contributed by atoms with Gasteiger partial charge in [-0.05, 0) is 5.56 Å². The molecular weight excluding hydrogens is 262 g/mol. The molecule has 1 aromatic carbocycles. The Bertz CT molecular complexity index is 472. The summed E-state index contributed by atoms with van der Waals surface area (Å²) in [5.41, 5.74) is 0.912. The molecule has 0 aliphatic rings. The Balaban J connectivity index is 2.49. The predicted octanol–water partition coefficient (Wildman–Crippen LogP) is 0.450. The monoisotopic (exact) mass is 279 g/mol. The summed E-state index contributed by atoms with van der Waals surface area (Å²) in [6.45, 7) is 1.18. The van der Waals surface area contributed by atoms with E-state index >= 15 is 0 Å². The summed E-state index contributed by atoms with van der Waals surface area (Å²) in [5, 5.41) is 2.24. The molecule has 0 fully saturated rings. The number of esters is 1. The molecule has 0 radical (unpaired) electrons. The van der Waals surface area contributed by atoms with Crippen LogP contribution in [0, 0.1) is 0 Å². The molecule has 1 amide bonds. The third kappa shape index (κ3) is 5.19. The van der Waals surface area contributed by atoms with E-state index in [9.17, 15) is 14.4 Å². The Labute approximate surface area is 117 Å². The summed E-state index contributed by atoms with van der Waals surface area (Å²) in [4.78, 5) is 34.2. The molecule has 0 heterocycles. The fraction of sp³-hybridized carbons (Fsp3) is 0.357. The average Bonchev–Trinajstić information content (AvgIpc) is 2.44. The average molecular weight is 279 g/mol. The van der Waals surface area contributed by atoms with E-state index in [-0.39, 0.29) is 13.2 Å². The molecule has 0 saturated carbocycles. The molecule has 1 rings (SSSR count). The zero-order chi connectivity index (χ0) is 15.0. The van der Waals surface area contributed by atoms with Crippen LogP contribution in [0.15, 0.2) is 30.3 Å². The summed E-state index contributed by atoms with van der Waals surface area (Å²) < 4.78 is 9.70. The second-order valence-electron chi connectivity index (χ2n) is 4.10. The first-order valence-corrected chi connectivity index (χ1v) is 6.04. The van der Waals surface area contributed by atoms with Crippen LogP contribution >= 0.6 is 0 Å². The lowest BCUT2D eigenvalue weighted by Gasteiger charge is -2.14. The maximum atomic E-state index is 11.8. The van der Waals surface area contributed by atoms with E-state index in [1.165, 1.54) is 6.92 Å². The van der Waals surface area contributed by atoms with Crippen LogP contribution < -0.4 is 5.32 Å². The number of carbonyl (C=O) groups is 3. The number of carbonyl (C=O) groups excluding carboxylic acids is 3. The largest absolute Gasteiger partial charge is 0.467 e. The van der Waals surface area contributed by atoms with E-state index in [4.69, 9.17) is 4.74 Å². The molecule has 1 aromatic rings. The van der Waals surface area contributed by atoms with Crippen molar-refractivity contribution in [3.63, 3.8) is 0 Å². The zero-order valence-electron chi connectivity index (χ0n) is 11.4. The molecule has 20 heavy (non-hydrogen) atoms. The lowest BCUT2D eigenvalue weighted by Crippen LogP contribution is -2.47. The van der Waals surface area contributed by atoms with Gasteiger partial charge in [0.05, 0.1) is 13.7 Å². The Morgan fingerprint density at radius 2 is 1.85 bits per heavy atom. The highest BCUT2D eigenvalue weighted by Gasteiger charge is 2.28. The van der Waals surface area contributed by atoms with Gasteiger partial charge in [-0.2, -0.15) is 0 Å². The van der Waals surface area contributed by atoms with Gasteiger partial charge in [0.2, 0.25) is 5.91 Å². The van der Waals surface area contributed by atoms with Crippen molar-refractivity contribution in [1.82, 2.24) is 5.32 Å². The maximum absolute atomic E-state index is 11.8. The first kappa shape index (κ1) is 15.8. The van der Waals surface area contributed by atoms with E-state index in [1.807, 2.05) is 30.3 Å². The Kier molecular flexibility index (Phi) is 6.39. The highest BCUT2D eigenvalue weighted by Crippen LogP contribution is 2.01. The standard InChI is InChI=1S/C14H17NO5/c1-10(16)15-13(14(18)19-2)12(17)9-20-8-11-6-4-3-5-7-11/h3-7,13H,8-9H2,1-2H3,(H,15,16). The van der Waals surface area contributed by atoms with Gasteiger partial charge in [-0.3, -0.25) is 9.59 Å². The molecule has 0 saturated heterocycles. The second-order valence-corrected chi connectivity index (χ2v) is 4.10. The number of benzene rings is 1. The minimum atomic E-state index is -1.33. The van der Waals surface area contributed by atoms with E-state index in [1.54, 1.807) is 0 Å². The summed E-state index contributed by atoms with van der Waals surface area (Å²) in [7, 11) is 1.15. The number of ketones is 1. The second kappa shape index (κ2) is 8.06. The molecule has 0 aliphatic heterocycles. The van der Waals surface area contributed by atoms with Crippen molar-refractivity contribution in [3.05, 3.63) is 35.9 Å². The lowest BCUT2D eigenvalue weighted by molar-refractivity contribution is -0.149. The number of hydrogen-bond acceptors (Lipinski definition) is 5. The van der Waals surface area contributed by atoms with E-state index < -0.39 is 23.7 Å². The van der Waals surface area contributed by atoms with Gasteiger partial charge < -0.3 is 14.8 Å². The van der Waals surface area contributed by atoms with Crippen molar-refractivity contribution in [1.29, 1.82) is 0 Å². The topological polar surface area (TPSA) is 81.7 Å². The van der Waals surface area contributed by atoms with Crippen LogP contribution in [-0.2, 0) is 30.5 Å². The Hall–Kier alpha value is -2.21. The number of hydrogen-bond donors (Lipinski definition) is 1. The van der Waals surface area contributed by atoms with E-state index in [2.05, 4.69) is 10.1 Å². The fourth-order valence-electron chi connectivity index (χ4n) is 1.52. The van der Waals surface area contributed by atoms with Gasteiger partial charge in [-0.15, -0.1) is 0 Å². The number of methoxy groups -OCH3 is 1. The normalized spacial score (nSPS) is 11.5. The molecule has 6 nitrogen and oxygen atoms in total. The third-order valence-electron chi connectivity index (χ3n) is 2.46. The number of amides is 1. The highest BCUT2D eigenvalue weighted by molar-refractivity contribution is 6.06. The SMILES string of the molecule is COC(=O)C(NC(C)=O)C(=O)COCc1ccccc1. The molecule has 0 bridgehead atoms. The summed E-state index contributed by atoms with van der Waals surface area (Å²) in [6, 6.07) is 7.97. The van der Waals surface area contributed by atoms with E-state index in [0.717, 1.165) is 12.7 Å². The molecule has 1 unspecified atom stereocenters. The summed E-state index contributed by atoms with van der Waals surface area (Å²) in [5.74, 6) is -1.85. The third-order valence-corrected chi connectivity index (χ3v) is 2.46. The molecule has 1 N–H and O–H groups in total. The van der Waals surface area contributed by atoms with Crippen LogP contribution in [0.5, 0.6) is 0 Å². The minimum Gasteiger partial charge on any atom is -0.467 e. The van der Waals surface area contributed by atoms with Crippen molar-refractivity contribution in [2.24, 2.45) is 0 Å². The Morgan fingerprint density at radius 1 is 1.20 bits per heavy atom. The maximum Gasteiger partial charge on any atom is 0.336 e. The number of rotatable bonds is 7. The molecule has 1 atom stereocenters. The molecular formula is C14H17NO5. The van der Waals surface area contributed by atoms with Crippen molar-refractivity contribution < 1.29 is 23.9 Å². The van der Waals surface area contributed by atoms with Gasteiger partial charge in [0.25, 0.3) is 0 Å². The van der Waals surface area contributed by atoms with Crippen molar-refractivity contribution in [2.45, 2.75) is 19.6 Å². The highest BCUT2D eigenvalue weighted by atomic mass is 16.5. The molecule has 0 aromatic heterocycles. The van der Waals surface area contributed by atoms with Crippen molar-refractivity contribution in [3.8, 4) is 0 Å². The number of nitrogens with one attached hydrogen (secondary N) is 1. The zero-order valence-corrected chi connectivity index (χ0v) is 11.4. The summed E-state index contributed by atoms with van der Waals surface area (Å²) in [6.07, 6.45) is 0. The fourth-order valence-corrected chi connectivity index (χ4v) is 1.52. The van der Waals surface area contributed by atoms with Crippen molar-refractivity contribution in [2.75, 3.05) is 13.7 Å².